The number of hydrogen-bond donors (Lipinski definition) is 1. The average molecular weight is 375 g/mol. The SMILES string of the molecule is CCN1C(=O)Cc2cc(-c3cc(C4=CN(C(C)C)CC=C4)c[nH]c3=O)ccc21. The van der Waals surface area contributed by atoms with Gasteiger partial charge in [-0.3, -0.25) is 9.59 Å². The lowest BCUT2D eigenvalue weighted by molar-refractivity contribution is -0.117. The normalized spacial score (nSPS) is 16.0. The van der Waals surface area contributed by atoms with Gasteiger partial charge in [-0.25, -0.2) is 0 Å². The third-order valence-corrected chi connectivity index (χ3v) is 5.46. The van der Waals surface area contributed by atoms with E-state index in [0.29, 0.717) is 24.6 Å². The smallest absolute Gasteiger partial charge is 0.255 e. The number of rotatable bonds is 4. The number of H-pyrrole nitrogens is 1. The highest BCUT2D eigenvalue weighted by Gasteiger charge is 2.26. The van der Waals surface area contributed by atoms with Gasteiger partial charge in [0, 0.05) is 48.3 Å². The molecule has 1 N–H and O–H groups in total. The Kier molecular flexibility index (Phi) is 4.67. The van der Waals surface area contributed by atoms with Crippen molar-refractivity contribution in [1.29, 1.82) is 0 Å². The number of pyridine rings is 1. The monoisotopic (exact) mass is 375 g/mol. The predicted molar refractivity (Wildman–Crippen MR) is 113 cm³/mol. The summed E-state index contributed by atoms with van der Waals surface area (Å²) in [7, 11) is 0. The van der Waals surface area contributed by atoms with Gasteiger partial charge in [0.25, 0.3) is 5.56 Å². The van der Waals surface area contributed by atoms with Crippen molar-refractivity contribution in [3.63, 3.8) is 0 Å². The molecule has 0 radical (unpaired) electrons. The van der Waals surface area contributed by atoms with E-state index >= 15 is 0 Å². The molecule has 0 saturated carbocycles. The predicted octanol–water partition coefficient (Wildman–Crippen LogP) is 3.57. The summed E-state index contributed by atoms with van der Waals surface area (Å²) in [5.74, 6) is 0.114. The van der Waals surface area contributed by atoms with Crippen LogP contribution in [0.5, 0.6) is 0 Å². The Labute approximate surface area is 165 Å². The Morgan fingerprint density at radius 1 is 1.14 bits per heavy atom. The molecule has 2 aliphatic rings. The number of fused-ring (bicyclic) bond motifs is 1. The number of aromatic nitrogens is 1. The van der Waals surface area contributed by atoms with E-state index in [2.05, 4.69) is 42.1 Å². The Balaban J connectivity index is 1.73. The van der Waals surface area contributed by atoms with Crippen molar-refractivity contribution in [3.8, 4) is 11.1 Å². The summed E-state index contributed by atoms with van der Waals surface area (Å²) in [6.07, 6.45) is 8.53. The van der Waals surface area contributed by atoms with E-state index < -0.39 is 0 Å². The van der Waals surface area contributed by atoms with Gasteiger partial charge in [-0.1, -0.05) is 18.2 Å². The number of carbonyl (C=O) groups excluding carboxylic acids is 1. The molecule has 1 aromatic heterocycles. The molecule has 2 aromatic rings. The Morgan fingerprint density at radius 3 is 2.71 bits per heavy atom. The van der Waals surface area contributed by atoms with Crippen LogP contribution in [0.4, 0.5) is 5.69 Å². The highest BCUT2D eigenvalue weighted by molar-refractivity contribution is 6.01. The van der Waals surface area contributed by atoms with Gasteiger partial charge in [-0.05, 0) is 55.7 Å². The minimum absolute atomic E-state index is 0.114. The molecule has 5 heteroatoms. The van der Waals surface area contributed by atoms with Crippen molar-refractivity contribution in [2.45, 2.75) is 33.2 Å². The van der Waals surface area contributed by atoms with E-state index in [1.807, 2.05) is 31.2 Å². The molecule has 3 heterocycles. The molecule has 0 unspecified atom stereocenters. The number of hydrogen-bond acceptors (Lipinski definition) is 3. The van der Waals surface area contributed by atoms with Gasteiger partial charge < -0.3 is 14.8 Å². The molecular formula is C23H25N3O2. The van der Waals surface area contributed by atoms with E-state index in [-0.39, 0.29) is 11.5 Å². The van der Waals surface area contributed by atoms with Crippen LogP contribution < -0.4 is 10.5 Å². The molecule has 0 saturated heterocycles. The molecule has 5 nitrogen and oxygen atoms in total. The van der Waals surface area contributed by atoms with Crippen LogP contribution in [0.2, 0.25) is 0 Å². The molecule has 2 aliphatic heterocycles. The second-order valence-electron chi connectivity index (χ2n) is 7.57. The third-order valence-electron chi connectivity index (χ3n) is 5.46. The summed E-state index contributed by atoms with van der Waals surface area (Å²) in [4.78, 5) is 31.6. The molecule has 1 amide bonds. The van der Waals surface area contributed by atoms with Crippen LogP contribution in [0.3, 0.4) is 0 Å². The van der Waals surface area contributed by atoms with Crippen LogP contribution in [0.1, 0.15) is 31.9 Å². The van der Waals surface area contributed by atoms with Crippen molar-refractivity contribution >= 4 is 17.2 Å². The minimum atomic E-state index is -0.124. The number of allylic oxidation sites excluding steroid dienone is 2. The highest BCUT2D eigenvalue weighted by Crippen LogP contribution is 2.32. The number of benzene rings is 1. The lowest BCUT2D eigenvalue weighted by Crippen LogP contribution is -2.27. The fourth-order valence-electron chi connectivity index (χ4n) is 3.87. The van der Waals surface area contributed by atoms with Gasteiger partial charge in [0.05, 0.1) is 6.42 Å². The minimum Gasteiger partial charge on any atom is -0.371 e. The van der Waals surface area contributed by atoms with E-state index in [1.165, 1.54) is 0 Å². The fraction of sp³-hybridized carbons (Fsp3) is 0.304. The molecule has 28 heavy (non-hydrogen) atoms. The zero-order chi connectivity index (χ0) is 19.8. The van der Waals surface area contributed by atoms with E-state index in [4.69, 9.17) is 0 Å². The van der Waals surface area contributed by atoms with Crippen LogP contribution in [-0.2, 0) is 11.2 Å². The molecule has 0 atom stereocenters. The van der Waals surface area contributed by atoms with Gasteiger partial charge in [-0.15, -0.1) is 0 Å². The van der Waals surface area contributed by atoms with Crippen molar-refractivity contribution in [2.75, 3.05) is 18.0 Å². The lowest BCUT2D eigenvalue weighted by Gasteiger charge is -2.27. The van der Waals surface area contributed by atoms with Crippen LogP contribution in [-0.4, -0.2) is 34.9 Å². The number of nitrogens with one attached hydrogen (secondary N) is 1. The zero-order valence-corrected chi connectivity index (χ0v) is 16.5. The quantitative estimate of drug-likeness (QED) is 0.889. The van der Waals surface area contributed by atoms with Crippen molar-refractivity contribution < 1.29 is 4.79 Å². The first-order valence-corrected chi connectivity index (χ1v) is 9.78. The first kappa shape index (κ1) is 18.3. The molecule has 144 valence electrons. The second kappa shape index (κ2) is 7.15. The zero-order valence-electron chi connectivity index (χ0n) is 16.5. The summed E-state index contributed by atoms with van der Waals surface area (Å²) in [5, 5.41) is 0. The average Bonchev–Trinajstić information content (AvgIpc) is 3.02. The van der Waals surface area contributed by atoms with Crippen LogP contribution in [0, 0.1) is 0 Å². The van der Waals surface area contributed by atoms with Crippen molar-refractivity contribution in [3.05, 3.63) is 70.3 Å². The van der Waals surface area contributed by atoms with E-state index in [0.717, 1.165) is 34.5 Å². The molecule has 0 spiro atoms. The first-order valence-electron chi connectivity index (χ1n) is 9.78. The third kappa shape index (κ3) is 3.17. The maximum atomic E-state index is 12.5. The van der Waals surface area contributed by atoms with Gasteiger partial charge in [0.1, 0.15) is 0 Å². The van der Waals surface area contributed by atoms with Gasteiger partial charge in [0.2, 0.25) is 5.91 Å². The molecule has 0 fully saturated rings. The summed E-state index contributed by atoms with van der Waals surface area (Å²) in [6.45, 7) is 7.85. The number of likely N-dealkylation sites (N-methyl/N-ethyl adjacent to an activating group) is 1. The number of carbonyl (C=O) groups is 1. The van der Waals surface area contributed by atoms with E-state index in [1.54, 1.807) is 11.1 Å². The second-order valence-corrected chi connectivity index (χ2v) is 7.57. The van der Waals surface area contributed by atoms with Crippen LogP contribution in [0.25, 0.3) is 16.7 Å². The van der Waals surface area contributed by atoms with Gasteiger partial charge in [-0.2, -0.15) is 0 Å². The van der Waals surface area contributed by atoms with Crippen LogP contribution >= 0.6 is 0 Å². The van der Waals surface area contributed by atoms with Crippen molar-refractivity contribution in [1.82, 2.24) is 9.88 Å². The highest BCUT2D eigenvalue weighted by atomic mass is 16.2. The molecular weight excluding hydrogens is 350 g/mol. The maximum absolute atomic E-state index is 12.5. The fourth-order valence-corrected chi connectivity index (χ4v) is 3.87. The molecule has 0 aliphatic carbocycles. The number of nitrogens with zero attached hydrogens (tertiary/aromatic N) is 2. The number of amides is 1. The Morgan fingerprint density at radius 2 is 1.96 bits per heavy atom. The Bertz CT molecular complexity index is 1050. The van der Waals surface area contributed by atoms with Crippen LogP contribution in [0.15, 0.2) is 53.6 Å². The first-order chi connectivity index (χ1) is 13.5. The maximum Gasteiger partial charge on any atom is 0.255 e. The van der Waals surface area contributed by atoms with Gasteiger partial charge >= 0.3 is 0 Å². The summed E-state index contributed by atoms with van der Waals surface area (Å²) in [5.41, 5.74) is 5.33. The lowest BCUT2D eigenvalue weighted by atomic mass is 9.99. The molecule has 0 bridgehead atoms. The Hall–Kier alpha value is -3.08. The summed E-state index contributed by atoms with van der Waals surface area (Å²) >= 11 is 0. The molecule has 4 rings (SSSR count). The number of aromatic amines is 1. The standard InChI is InChI=1S/C23H25N3O2/c1-4-26-21-8-7-16(10-18(21)12-22(26)27)20-11-19(13-24-23(20)28)17-6-5-9-25(14-17)15(2)3/h5-8,10-11,13-15H,4,9,12H2,1-3H3,(H,24,28). The summed E-state index contributed by atoms with van der Waals surface area (Å²) < 4.78 is 0. The van der Waals surface area contributed by atoms with Gasteiger partial charge in [0.15, 0.2) is 0 Å². The topological polar surface area (TPSA) is 56.4 Å². The molecule has 1 aromatic carbocycles. The summed E-state index contributed by atoms with van der Waals surface area (Å²) in [6, 6.07) is 8.21. The number of anilines is 1. The van der Waals surface area contributed by atoms with E-state index in [9.17, 15) is 9.59 Å². The van der Waals surface area contributed by atoms with Crippen molar-refractivity contribution in [2.24, 2.45) is 0 Å². The largest absolute Gasteiger partial charge is 0.371 e.